The predicted octanol–water partition coefficient (Wildman–Crippen LogP) is 3.89. The lowest BCUT2D eigenvalue weighted by Gasteiger charge is -2.09. The summed E-state index contributed by atoms with van der Waals surface area (Å²) in [6.45, 7) is 1.31. The lowest BCUT2D eigenvalue weighted by Crippen LogP contribution is -2.14. The summed E-state index contributed by atoms with van der Waals surface area (Å²) in [5.41, 5.74) is 1.14. The van der Waals surface area contributed by atoms with Gasteiger partial charge in [-0.1, -0.05) is 54.6 Å². The Labute approximate surface area is 139 Å². The second-order valence-electron chi connectivity index (χ2n) is 5.50. The Morgan fingerprint density at radius 2 is 1.58 bits per heavy atom. The van der Waals surface area contributed by atoms with Gasteiger partial charge in [0.1, 0.15) is 11.3 Å². The van der Waals surface area contributed by atoms with Gasteiger partial charge in [-0.3, -0.25) is 4.79 Å². The SMILES string of the molecule is Cc1cccc(C(=O)OCC(=O)c2cccc3ccccc23)c1O. The molecule has 120 valence electrons. The van der Waals surface area contributed by atoms with Crippen LogP contribution in [-0.2, 0) is 4.74 Å². The minimum Gasteiger partial charge on any atom is -0.507 e. The number of Topliss-reactive ketones (excluding diaryl/α,β-unsaturated/α-hetero) is 1. The van der Waals surface area contributed by atoms with E-state index in [1.54, 1.807) is 31.2 Å². The van der Waals surface area contributed by atoms with Crippen molar-refractivity contribution in [3.8, 4) is 5.75 Å². The van der Waals surface area contributed by atoms with Gasteiger partial charge >= 0.3 is 5.97 Å². The number of para-hydroxylation sites is 1. The summed E-state index contributed by atoms with van der Waals surface area (Å²) in [6, 6.07) is 17.8. The molecule has 0 atom stereocenters. The summed E-state index contributed by atoms with van der Waals surface area (Å²) in [4.78, 5) is 24.5. The first-order valence-corrected chi connectivity index (χ1v) is 7.54. The second kappa shape index (κ2) is 6.54. The van der Waals surface area contributed by atoms with Gasteiger partial charge in [-0.05, 0) is 29.3 Å². The number of rotatable bonds is 4. The zero-order valence-corrected chi connectivity index (χ0v) is 13.2. The molecule has 24 heavy (non-hydrogen) atoms. The summed E-state index contributed by atoms with van der Waals surface area (Å²) >= 11 is 0. The van der Waals surface area contributed by atoms with Crippen molar-refractivity contribution in [3.63, 3.8) is 0 Å². The normalized spacial score (nSPS) is 10.5. The topological polar surface area (TPSA) is 63.6 Å². The standard InChI is InChI=1S/C20H16O4/c1-13-6-4-11-17(19(13)22)20(23)24-12-18(21)16-10-5-8-14-7-2-3-9-15(14)16/h2-11,22H,12H2,1H3. The number of fused-ring (bicyclic) bond motifs is 1. The van der Waals surface area contributed by atoms with Crippen molar-refractivity contribution in [2.45, 2.75) is 6.92 Å². The van der Waals surface area contributed by atoms with Gasteiger partial charge in [0.2, 0.25) is 5.78 Å². The van der Waals surface area contributed by atoms with E-state index < -0.39 is 5.97 Å². The Bertz CT molecular complexity index is 923. The van der Waals surface area contributed by atoms with Gasteiger partial charge in [0.25, 0.3) is 0 Å². The molecule has 0 aliphatic carbocycles. The van der Waals surface area contributed by atoms with Gasteiger partial charge in [-0.2, -0.15) is 0 Å². The first-order valence-electron chi connectivity index (χ1n) is 7.54. The van der Waals surface area contributed by atoms with Gasteiger partial charge in [-0.25, -0.2) is 4.79 Å². The first kappa shape index (κ1) is 15.7. The Morgan fingerprint density at radius 1 is 0.917 bits per heavy atom. The number of esters is 1. The molecule has 1 N–H and O–H groups in total. The molecule has 0 unspecified atom stereocenters. The van der Waals surface area contributed by atoms with Crippen LogP contribution in [0.2, 0.25) is 0 Å². The smallest absolute Gasteiger partial charge is 0.342 e. The maximum absolute atomic E-state index is 12.4. The van der Waals surface area contributed by atoms with Crippen molar-refractivity contribution < 1.29 is 19.4 Å². The van der Waals surface area contributed by atoms with Crippen molar-refractivity contribution in [2.75, 3.05) is 6.61 Å². The van der Waals surface area contributed by atoms with Crippen LogP contribution in [-0.4, -0.2) is 23.5 Å². The number of aromatic hydroxyl groups is 1. The lowest BCUT2D eigenvalue weighted by atomic mass is 10.0. The molecule has 0 aliphatic heterocycles. The number of carbonyl (C=O) groups is 2. The molecular formula is C20H16O4. The maximum Gasteiger partial charge on any atom is 0.342 e. The van der Waals surface area contributed by atoms with Crippen molar-refractivity contribution in [1.29, 1.82) is 0 Å². The van der Waals surface area contributed by atoms with Gasteiger partial charge < -0.3 is 9.84 Å². The summed E-state index contributed by atoms with van der Waals surface area (Å²) < 4.78 is 5.08. The van der Waals surface area contributed by atoms with Gasteiger partial charge in [0.15, 0.2) is 6.61 Å². The number of hydrogen-bond acceptors (Lipinski definition) is 4. The van der Waals surface area contributed by atoms with Crippen LogP contribution >= 0.6 is 0 Å². The summed E-state index contributed by atoms with van der Waals surface area (Å²) in [7, 11) is 0. The highest BCUT2D eigenvalue weighted by atomic mass is 16.5. The molecule has 3 aromatic carbocycles. The van der Waals surface area contributed by atoms with Crippen molar-refractivity contribution >= 4 is 22.5 Å². The van der Waals surface area contributed by atoms with E-state index in [4.69, 9.17) is 4.74 Å². The number of aryl methyl sites for hydroxylation is 1. The van der Waals surface area contributed by atoms with Crippen molar-refractivity contribution in [3.05, 3.63) is 77.4 Å². The van der Waals surface area contributed by atoms with Crippen LogP contribution in [0.1, 0.15) is 26.3 Å². The molecule has 0 amide bonds. The van der Waals surface area contributed by atoms with E-state index >= 15 is 0 Å². The average Bonchev–Trinajstić information content (AvgIpc) is 2.61. The number of phenolic OH excluding ortho intramolecular Hbond substituents is 1. The molecule has 0 bridgehead atoms. The molecule has 4 heteroatoms. The summed E-state index contributed by atoms with van der Waals surface area (Å²) in [5.74, 6) is -1.13. The first-order chi connectivity index (χ1) is 11.6. The molecule has 3 aromatic rings. The monoisotopic (exact) mass is 320 g/mol. The highest BCUT2D eigenvalue weighted by molar-refractivity contribution is 6.09. The molecule has 0 aliphatic rings. The van der Waals surface area contributed by atoms with E-state index in [0.717, 1.165) is 10.8 Å². The third-order valence-electron chi connectivity index (χ3n) is 3.88. The Morgan fingerprint density at radius 3 is 2.42 bits per heavy atom. The lowest BCUT2D eigenvalue weighted by molar-refractivity contribution is 0.0472. The second-order valence-corrected chi connectivity index (χ2v) is 5.50. The van der Waals surface area contributed by atoms with Crippen LogP contribution in [0, 0.1) is 6.92 Å². The van der Waals surface area contributed by atoms with E-state index in [1.165, 1.54) is 6.07 Å². The van der Waals surface area contributed by atoms with E-state index in [1.807, 2.05) is 30.3 Å². The van der Waals surface area contributed by atoms with Crippen LogP contribution < -0.4 is 0 Å². The molecule has 0 fully saturated rings. The number of benzene rings is 3. The van der Waals surface area contributed by atoms with Crippen LogP contribution in [0.4, 0.5) is 0 Å². The fourth-order valence-corrected chi connectivity index (χ4v) is 2.58. The fraction of sp³-hybridized carbons (Fsp3) is 0.100. The molecule has 0 radical (unpaired) electrons. The van der Waals surface area contributed by atoms with Crippen molar-refractivity contribution in [2.24, 2.45) is 0 Å². The molecule has 4 nitrogen and oxygen atoms in total. The molecule has 0 heterocycles. The molecule has 0 spiro atoms. The number of ketones is 1. The van der Waals surface area contributed by atoms with Gasteiger partial charge in [0, 0.05) is 5.56 Å². The molecule has 0 saturated heterocycles. The third-order valence-corrected chi connectivity index (χ3v) is 3.88. The number of carbonyl (C=O) groups excluding carboxylic acids is 2. The summed E-state index contributed by atoms with van der Waals surface area (Å²) in [6.07, 6.45) is 0. The van der Waals surface area contributed by atoms with Crippen LogP contribution in [0.3, 0.4) is 0 Å². The van der Waals surface area contributed by atoms with E-state index in [-0.39, 0.29) is 23.7 Å². The minimum atomic E-state index is -0.718. The zero-order chi connectivity index (χ0) is 17.1. The largest absolute Gasteiger partial charge is 0.507 e. The van der Waals surface area contributed by atoms with Crippen LogP contribution in [0.15, 0.2) is 60.7 Å². The van der Waals surface area contributed by atoms with E-state index in [2.05, 4.69) is 0 Å². The van der Waals surface area contributed by atoms with E-state index in [0.29, 0.717) is 11.1 Å². The quantitative estimate of drug-likeness (QED) is 0.585. The summed E-state index contributed by atoms with van der Waals surface area (Å²) in [5, 5.41) is 11.7. The van der Waals surface area contributed by atoms with Gasteiger partial charge in [-0.15, -0.1) is 0 Å². The van der Waals surface area contributed by atoms with Crippen LogP contribution in [0.5, 0.6) is 5.75 Å². The highest BCUT2D eigenvalue weighted by Gasteiger charge is 2.17. The van der Waals surface area contributed by atoms with Crippen LogP contribution in [0.25, 0.3) is 10.8 Å². The number of phenols is 1. The molecular weight excluding hydrogens is 304 g/mol. The van der Waals surface area contributed by atoms with Crippen molar-refractivity contribution in [1.82, 2.24) is 0 Å². The fourth-order valence-electron chi connectivity index (χ4n) is 2.58. The Balaban J connectivity index is 1.78. The Hall–Kier alpha value is -3.14. The molecule has 0 aromatic heterocycles. The predicted molar refractivity (Wildman–Crippen MR) is 91.4 cm³/mol. The molecule has 3 rings (SSSR count). The molecule has 0 saturated carbocycles. The average molecular weight is 320 g/mol. The maximum atomic E-state index is 12.4. The Kier molecular flexibility index (Phi) is 4.29. The zero-order valence-electron chi connectivity index (χ0n) is 13.2. The van der Waals surface area contributed by atoms with E-state index in [9.17, 15) is 14.7 Å². The van der Waals surface area contributed by atoms with Gasteiger partial charge in [0.05, 0.1) is 0 Å². The minimum absolute atomic E-state index is 0.0562. The third kappa shape index (κ3) is 2.99. The number of hydrogen-bond donors (Lipinski definition) is 1. The highest BCUT2D eigenvalue weighted by Crippen LogP contribution is 2.23. The number of ether oxygens (including phenoxy) is 1.